The monoisotopic (exact) mass is 564 g/mol. The number of thioether (sulfide) groups is 1. The van der Waals surface area contributed by atoms with Crippen molar-refractivity contribution in [1.82, 2.24) is 15.4 Å². The fraction of sp³-hybridized carbons (Fsp3) is 0.172. The zero-order chi connectivity index (χ0) is 27.2. The van der Waals surface area contributed by atoms with Crippen molar-refractivity contribution in [3.63, 3.8) is 0 Å². The van der Waals surface area contributed by atoms with E-state index in [1.165, 1.54) is 18.5 Å². The predicted octanol–water partition coefficient (Wildman–Crippen LogP) is 7.56. The molecule has 5 aromatic rings. The molecule has 3 aromatic carbocycles. The normalized spacial score (nSPS) is 12.0. The molecule has 10 heteroatoms. The van der Waals surface area contributed by atoms with Crippen LogP contribution in [-0.4, -0.2) is 29.0 Å². The van der Waals surface area contributed by atoms with E-state index in [9.17, 15) is 4.39 Å². The van der Waals surface area contributed by atoms with Crippen LogP contribution in [0, 0.1) is 5.82 Å². The van der Waals surface area contributed by atoms with E-state index in [2.05, 4.69) is 20.8 Å². The van der Waals surface area contributed by atoms with Gasteiger partial charge in [0, 0.05) is 29.4 Å². The number of halogens is 2. The highest BCUT2D eigenvalue weighted by Gasteiger charge is 2.17. The maximum absolute atomic E-state index is 13.4. The summed E-state index contributed by atoms with van der Waals surface area (Å²) in [7, 11) is 1.73. The lowest BCUT2D eigenvalue weighted by atomic mass is 10.1. The number of benzene rings is 3. The van der Waals surface area contributed by atoms with E-state index in [1.54, 1.807) is 43.1 Å². The van der Waals surface area contributed by atoms with Gasteiger partial charge in [0.1, 0.15) is 47.9 Å². The van der Waals surface area contributed by atoms with Gasteiger partial charge in [0.15, 0.2) is 0 Å². The van der Waals surface area contributed by atoms with Crippen molar-refractivity contribution in [3.05, 3.63) is 101 Å². The van der Waals surface area contributed by atoms with E-state index in [0.717, 1.165) is 45.0 Å². The van der Waals surface area contributed by atoms with Crippen LogP contribution in [0.4, 0.5) is 15.9 Å². The maximum Gasteiger partial charge on any atom is 0.145 e. The number of anilines is 2. The summed E-state index contributed by atoms with van der Waals surface area (Å²) in [6.07, 6.45) is 3.33. The van der Waals surface area contributed by atoms with Gasteiger partial charge in [0.2, 0.25) is 0 Å². The van der Waals surface area contributed by atoms with E-state index in [4.69, 9.17) is 25.6 Å². The molecule has 0 aliphatic carbocycles. The Labute approximate surface area is 234 Å². The van der Waals surface area contributed by atoms with Gasteiger partial charge in [0.05, 0.1) is 10.5 Å². The zero-order valence-electron chi connectivity index (χ0n) is 21.3. The highest BCUT2D eigenvalue weighted by atomic mass is 35.5. The molecule has 0 saturated carbocycles. The van der Waals surface area contributed by atoms with Crippen LogP contribution >= 0.6 is 23.4 Å². The second-order valence-corrected chi connectivity index (χ2v) is 9.93. The van der Waals surface area contributed by atoms with Gasteiger partial charge in [-0.05, 0) is 72.5 Å². The van der Waals surface area contributed by atoms with E-state index < -0.39 is 0 Å². The number of furan rings is 1. The Morgan fingerprint density at radius 1 is 1.05 bits per heavy atom. The van der Waals surface area contributed by atoms with Crippen molar-refractivity contribution >= 4 is 45.8 Å². The minimum atomic E-state index is -0.308. The number of nitrogens with zero attached hydrogens (tertiary/aromatic N) is 2. The first-order valence-corrected chi connectivity index (χ1v) is 13.9. The van der Waals surface area contributed by atoms with Gasteiger partial charge in [0.25, 0.3) is 0 Å². The number of hydrogen-bond donors (Lipinski definition) is 2. The van der Waals surface area contributed by atoms with Gasteiger partial charge in [-0.1, -0.05) is 23.7 Å². The molecule has 39 heavy (non-hydrogen) atoms. The molecule has 1 atom stereocenters. The lowest BCUT2D eigenvalue weighted by molar-refractivity contribution is -0.0106. The summed E-state index contributed by atoms with van der Waals surface area (Å²) in [5, 5.41) is 4.57. The second-order valence-electron chi connectivity index (χ2n) is 8.61. The molecule has 0 aliphatic heterocycles. The molecular formula is C29H26ClFN4O3S. The van der Waals surface area contributed by atoms with E-state index in [1.807, 2.05) is 42.7 Å². The van der Waals surface area contributed by atoms with Crippen molar-refractivity contribution in [3.8, 4) is 17.1 Å². The Morgan fingerprint density at radius 3 is 2.74 bits per heavy atom. The Kier molecular flexibility index (Phi) is 8.63. The zero-order valence-corrected chi connectivity index (χ0v) is 22.9. The molecule has 200 valence electrons. The number of hydrogen-bond acceptors (Lipinski definition) is 8. The molecule has 0 aliphatic rings. The Hall–Kier alpha value is -3.63. The van der Waals surface area contributed by atoms with Crippen molar-refractivity contribution in [2.24, 2.45) is 0 Å². The van der Waals surface area contributed by atoms with E-state index >= 15 is 0 Å². The molecule has 0 fully saturated rings. The largest absolute Gasteiger partial charge is 0.487 e. The van der Waals surface area contributed by atoms with Crippen LogP contribution in [0.5, 0.6) is 5.75 Å². The molecule has 0 spiro atoms. The average molecular weight is 565 g/mol. The summed E-state index contributed by atoms with van der Waals surface area (Å²) in [5.41, 5.74) is 5.86. The van der Waals surface area contributed by atoms with Crippen molar-refractivity contribution in [2.45, 2.75) is 12.7 Å². The van der Waals surface area contributed by atoms with Crippen molar-refractivity contribution in [2.75, 3.05) is 24.4 Å². The highest BCUT2D eigenvalue weighted by Crippen LogP contribution is 2.34. The van der Waals surface area contributed by atoms with Crippen LogP contribution in [-0.2, 0) is 11.4 Å². The van der Waals surface area contributed by atoms with Gasteiger partial charge in [-0.3, -0.25) is 4.84 Å². The summed E-state index contributed by atoms with van der Waals surface area (Å²) < 4.78 is 25.4. The number of fused-ring (bicyclic) bond motifs is 1. The molecule has 2 heterocycles. The molecule has 0 amide bonds. The fourth-order valence-electron chi connectivity index (χ4n) is 4.08. The topological polar surface area (TPSA) is 81.4 Å². The van der Waals surface area contributed by atoms with Crippen LogP contribution in [0.1, 0.15) is 17.4 Å². The fourth-order valence-corrected chi connectivity index (χ4v) is 4.85. The molecule has 0 bridgehead atoms. The van der Waals surface area contributed by atoms with Gasteiger partial charge in [-0.15, -0.1) is 0 Å². The maximum atomic E-state index is 13.4. The minimum Gasteiger partial charge on any atom is -0.487 e. The van der Waals surface area contributed by atoms with Crippen LogP contribution < -0.4 is 15.5 Å². The number of nitrogens with one attached hydrogen (secondary N) is 2. The number of aromatic nitrogens is 2. The SMILES string of the molecule is CNOC(CSC)c1ccc(-c2ccc3ncnc(Nc4ccc(OCc5cccc(F)c5)c(Cl)c4)c3c2)o1. The number of rotatable bonds is 11. The average Bonchev–Trinajstić information content (AvgIpc) is 3.43. The molecule has 5 rings (SSSR count). The third-order valence-electron chi connectivity index (χ3n) is 5.92. The Morgan fingerprint density at radius 2 is 1.95 bits per heavy atom. The first kappa shape index (κ1) is 27.0. The number of hydroxylamine groups is 1. The summed E-state index contributed by atoms with van der Waals surface area (Å²) in [6, 6.07) is 21.4. The molecule has 0 saturated heterocycles. The van der Waals surface area contributed by atoms with E-state index in [-0.39, 0.29) is 18.5 Å². The Bertz CT molecular complexity index is 1580. The first-order valence-electron chi connectivity index (χ1n) is 12.1. The second kappa shape index (κ2) is 12.5. The lowest BCUT2D eigenvalue weighted by Gasteiger charge is -2.13. The van der Waals surface area contributed by atoms with Crippen LogP contribution in [0.3, 0.4) is 0 Å². The van der Waals surface area contributed by atoms with Crippen LogP contribution in [0.2, 0.25) is 5.02 Å². The van der Waals surface area contributed by atoms with Gasteiger partial charge < -0.3 is 14.5 Å². The van der Waals surface area contributed by atoms with Crippen LogP contribution in [0.25, 0.3) is 22.2 Å². The van der Waals surface area contributed by atoms with Gasteiger partial charge in [-0.2, -0.15) is 11.8 Å². The molecular weight excluding hydrogens is 539 g/mol. The summed E-state index contributed by atoms with van der Waals surface area (Å²) in [5.74, 6) is 3.03. The third kappa shape index (κ3) is 6.51. The summed E-state index contributed by atoms with van der Waals surface area (Å²) >= 11 is 8.17. The quantitative estimate of drug-likeness (QED) is 0.159. The lowest BCUT2D eigenvalue weighted by Crippen LogP contribution is -2.15. The minimum absolute atomic E-state index is 0.203. The molecule has 7 nitrogen and oxygen atoms in total. The van der Waals surface area contributed by atoms with E-state index in [0.29, 0.717) is 16.6 Å². The smallest absolute Gasteiger partial charge is 0.145 e. The van der Waals surface area contributed by atoms with Crippen molar-refractivity contribution < 1.29 is 18.4 Å². The molecule has 2 N–H and O–H groups in total. The predicted molar refractivity (Wildman–Crippen MR) is 154 cm³/mol. The number of ether oxygens (including phenoxy) is 1. The molecule has 1 unspecified atom stereocenters. The van der Waals surface area contributed by atoms with Crippen LogP contribution in [0.15, 0.2) is 83.5 Å². The molecule has 2 aromatic heterocycles. The third-order valence-corrected chi connectivity index (χ3v) is 6.85. The van der Waals surface area contributed by atoms with Crippen molar-refractivity contribution in [1.29, 1.82) is 0 Å². The summed E-state index contributed by atoms with van der Waals surface area (Å²) in [6.45, 7) is 0.206. The standard InChI is InChI=1S/C29H26ClFN4O3S/c1-32-38-28(16-39-2)27-11-10-25(37-27)19-6-8-24-22(13-19)29(34-17-33-24)35-21-7-9-26(23(30)14-21)36-15-18-4-3-5-20(31)12-18/h3-14,17,28,32H,15-16H2,1-2H3,(H,33,34,35). The first-order chi connectivity index (χ1) is 19.0. The van der Waals surface area contributed by atoms with Gasteiger partial charge in [-0.25, -0.2) is 19.8 Å². The van der Waals surface area contributed by atoms with Gasteiger partial charge >= 0.3 is 0 Å². The highest BCUT2D eigenvalue weighted by molar-refractivity contribution is 7.98. The molecule has 0 radical (unpaired) electrons. The summed E-state index contributed by atoms with van der Waals surface area (Å²) in [4.78, 5) is 14.5. The Balaban J connectivity index is 1.36.